The van der Waals surface area contributed by atoms with Gasteiger partial charge in [-0.25, -0.2) is 4.79 Å². The molecular weight excluding hydrogens is 478 g/mol. The summed E-state index contributed by atoms with van der Waals surface area (Å²) in [5, 5.41) is 5.78. The summed E-state index contributed by atoms with van der Waals surface area (Å²) in [4.78, 5) is 42.3. The van der Waals surface area contributed by atoms with Crippen LogP contribution in [-0.2, 0) is 20.9 Å². The Morgan fingerprint density at radius 3 is 2.18 bits per heavy atom. The Hall–Kier alpha value is -3.79. The Bertz CT molecular complexity index is 1160. The molecule has 38 heavy (non-hydrogen) atoms. The van der Waals surface area contributed by atoms with Crippen LogP contribution < -0.4 is 10.6 Å². The molecule has 1 aliphatic rings. The molecule has 7 heteroatoms. The zero-order valence-electron chi connectivity index (χ0n) is 23.2. The van der Waals surface area contributed by atoms with Gasteiger partial charge >= 0.3 is 6.09 Å². The largest absolute Gasteiger partial charge is 0.444 e. The molecule has 0 aliphatic heterocycles. The molecule has 1 saturated carbocycles. The number of carbonyl (C=O) groups excluding carboxylic acids is 3. The Balaban J connectivity index is 1.97. The number of hydrogen-bond acceptors (Lipinski definition) is 4. The number of alkyl carbamates (subject to hydrolysis) is 1. The van der Waals surface area contributed by atoms with Gasteiger partial charge in [-0.05, 0) is 62.3 Å². The van der Waals surface area contributed by atoms with E-state index in [9.17, 15) is 14.4 Å². The van der Waals surface area contributed by atoms with Crippen LogP contribution in [0.5, 0.6) is 0 Å². The Kier molecular flexibility index (Phi) is 9.22. The van der Waals surface area contributed by atoms with Crippen LogP contribution >= 0.6 is 0 Å². The number of amides is 3. The third kappa shape index (κ3) is 7.61. The third-order valence-corrected chi connectivity index (χ3v) is 6.51. The smallest absolute Gasteiger partial charge is 0.408 e. The topological polar surface area (TPSA) is 87.7 Å². The van der Waals surface area contributed by atoms with E-state index in [1.54, 1.807) is 49.9 Å². The van der Waals surface area contributed by atoms with Crippen LogP contribution in [0.25, 0.3) is 0 Å². The molecule has 2 aromatic carbocycles. The molecule has 2 N–H and O–H groups in total. The molecule has 202 valence electrons. The van der Waals surface area contributed by atoms with Crippen molar-refractivity contribution >= 4 is 17.9 Å². The molecule has 7 nitrogen and oxygen atoms in total. The molecule has 2 aromatic rings. The minimum absolute atomic E-state index is 0.135. The van der Waals surface area contributed by atoms with E-state index in [-0.39, 0.29) is 29.7 Å². The van der Waals surface area contributed by atoms with Crippen LogP contribution in [0.3, 0.4) is 0 Å². The molecule has 0 heterocycles. The molecule has 0 radical (unpaired) electrons. The minimum atomic E-state index is -0.894. The Morgan fingerprint density at radius 1 is 1.08 bits per heavy atom. The van der Waals surface area contributed by atoms with Gasteiger partial charge < -0.3 is 20.3 Å². The van der Waals surface area contributed by atoms with Crippen molar-refractivity contribution < 1.29 is 19.1 Å². The van der Waals surface area contributed by atoms with Gasteiger partial charge in [0.2, 0.25) is 11.8 Å². The van der Waals surface area contributed by atoms with Gasteiger partial charge in [-0.15, -0.1) is 6.42 Å². The number of carbonyl (C=O) groups is 3. The Labute approximate surface area is 226 Å². The fourth-order valence-corrected chi connectivity index (χ4v) is 4.36. The highest BCUT2D eigenvalue weighted by molar-refractivity contribution is 5.92. The van der Waals surface area contributed by atoms with E-state index in [0.29, 0.717) is 17.7 Å². The predicted octanol–water partition coefficient (Wildman–Crippen LogP) is 4.81. The maximum absolute atomic E-state index is 14.2. The quantitative estimate of drug-likeness (QED) is 0.467. The van der Waals surface area contributed by atoms with Crippen molar-refractivity contribution in [2.24, 2.45) is 11.8 Å². The van der Waals surface area contributed by atoms with Crippen molar-refractivity contribution in [3.8, 4) is 12.3 Å². The average molecular weight is 518 g/mol. The van der Waals surface area contributed by atoms with Gasteiger partial charge in [0.1, 0.15) is 17.7 Å². The molecule has 0 bridgehead atoms. The number of rotatable bonds is 9. The first kappa shape index (κ1) is 28.8. The summed E-state index contributed by atoms with van der Waals surface area (Å²) in [5.74, 6) is 1.97. The van der Waals surface area contributed by atoms with E-state index in [1.807, 2.05) is 44.2 Å². The summed E-state index contributed by atoms with van der Waals surface area (Å²) in [6.45, 7) is 11.4. The maximum atomic E-state index is 14.2. The summed E-state index contributed by atoms with van der Waals surface area (Å²) in [5.41, 5.74) is 1.58. The lowest BCUT2D eigenvalue weighted by Gasteiger charge is -2.36. The summed E-state index contributed by atoms with van der Waals surface area (Å²) in [7, 11) is 0. The summed E-state index contributed by atoms with van der Waals surface area (Å²) >= 11 is 0. The van der Waals surface area contributed by atoms with E-state index < -0.39 is 23.8 Å². The second kappa shape index (κ2) is 12.2. The second-order valence-electron chi connectivity index (χ2n) is 11.3. The van der Waals surface area contributed by atoms with Crippen LogP contribution in [0.2, 0.25) is 0 Å². The highest BCUT2D eigenvalue weighted by atomic mass is 16.6. The average Bonchev–Trinajstić information content (AvgIpc) is 3.59. The minimum Gasteiger partial charge on any atom is -0.444 e. The van der Waals surface area contributed by atoms with Gasteiger partial charge in [0, 0.05) is 18.2 Å². The molecule has 0 spiro atoms. The zero-order chi connectivity index (χ0) is 28.0. The standard InChI is InChI=1S/C31H39N3O4/c1-8-22-14-16-24(17-15-22)27(28(35)32-19-23-12-10-9-11-13-23)34(25-18-21(25)4)29(36)26(20(2)3)33-30(37)38-31(5,6)7/h1,9-17,20-21,25-27H,18-19H2,2-7H3,(H,32,35)(H,33,37). The summed E-state index contributed by atoms with van der Waals surface area (Å²) in [6, 6.07) is 14.8. The highest BCUT2D eigenvalue weighted by Gasteiger charge is 2.48. The first-order valence-corrected chi connectivity index (χ1v) is 13.1. The normalized spacial score (nSPS) is 18.1. The van der Waals surface area contributed by atoms with Crippen LogP contribution in [0.1, 0.15) is 70.7 Å². The first-order valence-electron chi connectivity index (χ1n) is 13.1. The molecular formula is C31H39N3O4. The van der Waals surface area contributed by atoms with Crippen molar-refractivity contribution in [3.63, 3.8) is 0 Å². The van der Waals surface area contributed by atoms with Crippen LogP contribution in [0, 0.1) is 24.2 Å². The number of benzene rings is 2. The van der Waals surface area contributed by atoms with E-state index in [0.717, 1.165) is 12.0 Å². The summed E-state index contributed by atoms with van der Waals surface area (Å²) in [6.07, 6.45) is 5.65. The van der Waals surface area contributed by atoms with Crippen molar-refractivity contribution in [1.82, 2.24) is 15.5 Å². The fourth-order valence-electron chi connectivity index (χ4n) is 4.36. The lowest BCUT2D eigenvalue weighted by atomic mass is 9.97. The van der Waals surface area contributed by atoms with Gasteiger partial charge in [-0.2, -0.15) is 0 Å². The Morgan fingerprint density at radius 2 is 1.68 bits per heavy atom. The molecule has 3 rings (SSSR count). The van der Waals surface area contributed by atoms with Crippen molar-refractivity contribution in [2.75, 3.05) is 0 Å². The van der Waals surface area contributed by atoms with E-state index in [2.05, 4.69) is 23.5 Å². The number of nitrogens with one attached hydrogen (secondary N) is 2. The van der Waals surface area contributed by atoms with E-state index >= 15 is 0 Å². The maximum Gasteiger partial charge on any atom is 0.408 e. The number of hydrogen-bond donors (Lipinski definition) is 2. The molecule has 0 aromatic heterocycles. The molecule has 1 fully saturated rings. The number of ether oxygens (including phenoxy) is 1. The monoisotopic (exact) mass is 517 g/mol. The lowest BCUT2D eigenvalue weighted by molar-refractivity contribution is -0.144. The van der Waals surface area contributed by atoms with Crippen molar-refractivity contribution in [3.05, 3.63) is 71.3 Å². The van der Waals surface area contributed by atoms with Gasteiger partial charge in [-0.1, -0.05) is 69.2 Å². The lowest BCUT2D eigenvalue weighted by Crippen LogP contribution is -2.55. The number of terminal acetylenes is 1. The second-order valence-corrected chi connectivity index (χ2v) is 11.3. The third-order valence-electron chi connectivity index (χ3n) is 6.51. The van der Waals surface area contributed by atoms with Crippen molar-refractivity contribution in [2.45, 2.75) is 78.2 Å². The number of nitrogens with zero attached hydrogens (tertiary/aromatic N) is 1. The first-order chi connectivity index (χ1) is 17.9. The zero-order valence-corrected chi connectivity index (χ0v) is 23.2. The molecule has 1 aliphatic carbocycles. The fraction of sp³-hybridized carbons (Fsp3) is 0.452. The van der Waals surface area contributed by atoms with Gasteiger partial charge in [0.15, 0.2) is 0 Å². The molecule has 4 unspecified atom stereocenters. The van der Waals surface area contributed by atoms with E-state index in [4.69, 9.17) is 11.2 Å². The van der Waals surface area contributed by atoms with Gasteiger partial charge in [0.25, 0.3) is 0 Å². The van der Waals surface area contributed by atoms with Crippen LogP contribution in [-0.4, -0.2) is 40.5 Å². The van der Waals surface area contributed by atoms with Gasteiger partial charge in [-0.3, -0.25) is 9.59 Å². The SMILES string of the molecule is C#Cc1ccc(C(C(=O)NCc2ccccc2)N(C(=O)C(NC(=O)OC(C)(C)C)C(C)C)C2CC2C)cc1. The molecule has 3 amide bonds. The van der Waals surface area contributed by atoms with E-state index in [1.165, 1.54) is 0 Å². The highest BCUT2D eigenvalue weighted by Crippen LogP contribution is 2.41. The molecule has 4 atom stereocenters. The van der Waals surface area contributed by atoms with Crippen molar-refractivity contribution in [1.29, 1.82) is 0 Å². The van der Waals surface area contributed by atoms with Crippen LogP contribution in [0.15, 0.2) is 54.6 Å². The van der Waals surface area contributed by atoms with Gasteiger partial charge in [0.05, 0.1) is 0 Å². The predicted molar refractivity (Wildman–Crippen MR) is 148 cm³/mol. The van der Waals surface area contributed by atoms with Crippen LogP contribution in [0.4, 0.5) is 4.79 Å². The summed E-state index contributed by atoms with van der Waals surface area (Å²) < 4.78 is 5.43. The molecule has 0 saturated heterocycles.